The molecule has 4 nitrogen and oxygen atoms in total. The Labute approximate surface area is 154 Å². The van der Waals surface area contributed by atoms with Gasteiger partial charge in [-0.2, -0.15) is 0 Å². The van der Waals surface area contributed by atoms with Crippen molar-refractivity contribution in [2.45, 2.75) is 13.5 Å². The van der Waals surface area contributed by atoms with Crippen LogP contribution in [0.4, 0.5) is 0 Å². The van der Waals surface area contributed by atoms with Crippen LogP contribution in [0.3, 0.4) is 0 Å². The smallest absolute Gasteiger partial charge is 0.253 e. The molecule has 25 heavy (non-hydrogen) atoms. The van der Waals surface area contributed by atoms with E-state index in [4.69, 9.17) is 16.3 Å². The molecule has 1 aliphatic rings. The predicted octanol–water partition coefficient (Wildman–Crippen LogP) is 3.62. The number of halogens is 1. The number of carbonyl (C=O) groups is 1. The van der Waals surface area contributed by atoms with E-state index < -0.39 is 0 Å². The van der Waals surface area contributed by atoms with Gasteiger partial charge in [0.1, 0.15) is 5.75 Å². The molecule has 0 atom stereocenters. The van der Waals surface area contributed by atoms with E-state index in [1.165, 1.54) is 5.56 Å². The third-order valence-electron chi connectivity index (χ3n) is 4.62. The van der Waals surface area contributed by atoms with Gasteiger partial charge in [0.25, 0.3) is 5.91 Å². The second kappa shape index (κ2) is 7.89. The van der Waals surface area contributed by atoms with Crippen molar-refractivity contribution < 1.29 is 9.53 Å². The van der Waals surface area contributed by atoms with Gasteiger partial charge in [-0.05, 0) is 48.4 Å². The largest absolute Gasteiger partial charge is 0.496 e. The summed E-state index contributed by atoms with van der Waals surface area (Å²) in [6.07, 6.45) is 0. The van der Waals surface area contributed by atoms with Gasteiger partial charge in [-0.1, -0.05) is 23.7 Å². The number of carbonyl (C=O) groups excluding carboxylic acids is 1. The van der Waals surface area contributed by atoms with E-state index in [0.29, 0.717) is 10.6 Å². The number of ether oxygens (including phenoxy) is 1. The number of piperazine rings is 1. The summed E-state index contributed by atoms with van der Waals surface area (Å²) < 4.78 is 5.31. The van der Waals surface area contributed by atoms with Crippen molar-refractivity contribution >= 4 is 17.5 Å². The highest BCUT2D eigenvalue weighted by atomic mass is 35.5. The minimum absolute atomic E-state index is 0.0802. The topological polar surface area (TPSA) is 32.8 Å². The maximum Gasteiger partial charge on any atom is 0.253 e. The Morgan fingerprint density at radius 1 is 1.08 bits per heavy atom. The van der Waals surface area contributed by atoms with Crippen LogP contribution in [0.15, 0.2) is 42.5 Å². The summed E-state index contributed by atoms with van der Waals surface area (Å²) in [6.45, 7) is 6.21. The van der Waals surface area contributed by atoms with E-state index in [-0.39, 0.29) is 5.91 Å². The van der Waals surface area contributed by atoms with Crippen LogP contribution >= 0.6 is 11.6 Å². The summed E-state index contributed by atoms with van der Waals surface area (Å²) in [7, 11) is 1.69. The van der Waals surface area contributed by atoms with Crippen LogP contribution in [0, 0.1) is 6.92 Å². The number of nitrogens with zero attached hydrogens (tertiary/aromatic N) is 2. The average molecular weight is 359 g/mol. The zero-order valence-corrected chi connectivity index (χ0v) is 15.4. The van der Waals surface area contributed by atoms with Gasteiger partial charge in [-0.25, -0.2) is 0 Å². The molecule has 0 aromatic heterocycles. The SMILES string of the molecule is COc1ccc(CN2CCN(C(=O)c3ccc(Cl)cc3)CC2)cc1C. The molecular formula is C20H23ClN2O2. The molecule has 0 unspecified atom stereocenters. The number of benzene rings is 2. The Morgan fingerprint density at radius 3 is 2.36 bits per heavy atom. The summed E-state index contributed by atoms with van der Waals surface area (Å²) in [5.74, 6) is 0.999. The fraction of sp³-hybridized carbons (Fsp3) is 0.350. The zero-order chi connectivity index (χ0) is 17.8. The molecule has 0 N–H and O–H groups in total. The van der Waals surface area contributed by atoms with Crippen molar-refractivity contribution in [3.05, 3.63) is 64.2 Å². The van der Waals surface area contributed by atoms with E-state index in [1.54, 1.807) is 31.4 Å². The van der Waals surface area contributed by atoms with Crippen LogP contribution in [0.2, 0.25) is 5.02 Å². The first-order chi connectivity index (χ1) is 12.1. The van der Waals surface area contributed by atoms with E-state index in [0.717, 1.165) is 44.0 Å². The molecule has 0 radical (unpaired) electrons. The van der Waals surface area contributed by atoms with Gasteiger partial charge in [0.05, 0.1) is 7.11 Å². The highest BCUT2D eigenvalue weighted by Gasteiger charge is 2.22. The fourth-order valence-electron chi connectivity index (χ4n) is 3.18. The maximum absolute atomic E-state index is 12.5. The average Bonchev–Trinajstić information content (AvgIpc) is 2.63. The van der Waals surface area contributed by atoms with Crippen molar-refractivity contribution in [3.8, 4) is 5.75 Å². The van der Waals surface area contributed by atoms with Gasteiger partial charge in [-0.3, -0.25) is 9.69 Å². The van der Waals surface area contributed by atoms with Crippen molar-refractivity contribution in [1.29, 1.82) is 0 Å². The standard InChI is InChI=1S/C20H23ClN2O2/c1-15-13-16(3-8-19(15)25-2)14-22-9-11-23(12-10-22)20(24)17-4-6-18(21)7-5-17/h3-8,13H,9-12,14H2,1-2H3. The number of amides is 1. The molecule has 1 amide bonds. The molecule has 1 heterocycles. The molecule has 0 aliphatic carbocycles. The molecule has 1 fully saturated rings. The van der Waals surface area contributed by atoms with Crippen LogP contribution in [-0.2, 0) is 6.54 Å². The van der Waals surface area contributed by atoms with Crippen molar-refractivity contribution in [3.63, 3.8) is 0 Å². The Balaban J connectivity index is 1.55. The number of aryl methyl sites for hydroxylation is 1. The molecule has 0 saturated carbocycles. The lowest BCUT2D eigenvalue weighted by Crippen LogP contribution is -2.48. The van der Waals surface area contributed by atoms with Crippen molar-refractivity contribution in [1.82, 2.24) is 9.80 Å². The monoisotopic (exact) mass is 358 g/mol. The molecule has 1 aliphatic heterocycles. The summed E-state index contributed by atoms with van der Waals surface area (Å²) in [4.78, 5) is 16.8. The predicted molar refractivity (Wildman–Crippen MR) is 100 cm³/mol. The molecule has 1 saturated heterocycles. The van der Waals surface area contributed by atoms with Crippen molar-refractivity contribution in [2.24, 2.45) is 0 Å². The van der Waals surface area contributed by atoms with Gasteiger partial charge in [-0.15, -0.1) is 0 Å². The molecule has 0 bridgehead atoms. The minimum Gasteiger partial charge on any atom is -0.496 e. The molecule has 2 aromatic rings. The molecular weight excluding hydrogens is 336 g/mol. The summed E-state index contributed by atoms with van der Waals surface area (Å²) in [5, 5.41) is 0.649. The van der Waals surface area contributed by atoms with E-state index >= 15 is 0 Å². The van der Waals surface area contributed by atoms with E-state index in [9.17, 15) is 4.79 Å². The number of hydrogen-bond donors (Lipinski definition) is 0. The van der Waals surface area contributed by atoms with Crippen LogP contribution in [0.1, 0.15) is 21.5 Å². The second-order valence-electron chi connectivity index (χ2n) is 6.38. The normalized spacial score (nSPS) is 15.2. The molecule has 3 rings (SSSR count). The number of hydrogen-bond acceptors (Lipinski definition) is 3. The highest BCUT2D eigenvalue weighted by molar-refractivity contribution is 6.30. The highest BCUT2D eigenvalue weighted by Crippen LogP contribution is 2.20. The Kier molecular flexibility index (Phi) is 5.61. The van der Waals surface area contributed by atoms with Gasteiger partial charge >= 0.3 is 0 Å². The molecule has 0 spiro atoms. The third-order valence-corrected chi connectivity index (χ3v) is 4.87. The number of methoxy groups -OCH3 is 1. The van der Waals surface area contributed by atoms with E-state index in [2.05, 4.69) is 24.0 Å². The van der Waals surface area contributed by atoms with Crippen LogP contribution in [-0.4, -0.2) is 49.0 Å². The number of rotatable bonds is 4. The first kappa shape index (κ1) is 17.8. The Bertz CT molecular complexity index is 738. The van der Waals surface area contributed by atoms with Crippen LogP contribution < -0.4 is 4.74 Å². The van der Waals surface area contributed by atoms with Gasteiger partial charge < -0.3 is 9.64 Å². The lowest BCUT2D eigenvalue weighted by Gasteiger charge is -2.35. The summed E-state index contributed by atoms with van der Waals surface area (Å²) in [5.41, 5.74) is 3.12. The lowest BCUT2D eigenvalue weighted by atomic mass is 10.1. The lowest BCUT2D eigenvalue weighted by molar-refractivity contribution is 0.0628. The van der Waals surface area contributed by atoms with Gasteiger partial charge in [0.15, 0.2) is 0 Å². The van der Waals surface area contributed by atoms with E-state index in [1.807, 2.05) is 11.0 Å². The van der Waals surface area contributed by atoms with Gasteiger partial charge in [0.2, 0.25) is 0 Å². The minimum atomic E-state index is 0.0802. The molecule has 5 heteroatoms. The Morgan fingerprint density at radius 2 is 1.76 bits per heavy atom. The van der Waals surface area contributed by atoms with Gasteiger partial charge in [0, 0.05) is 43.3 Å². The summed E-state index contributed by atoms with van der Waals surface area (Å²) in [6, 6.07) is 13.4. The second-order valence-corrected chi connectivity index (χ2v) is 6.82. The van der Waals surface area contributed by atoms with Crippen LogP contribution in [0.25, 0.3) is 0 Å². The Hall–Kier alpha value is -2.04. The third kappa shape index (κ3) is 4.33. The molecule has 132 valence electrons. The fourth-order valence-corrected chi connectivity index (χ4v) is 3.31. The van der Waals surface area contributed by atoms with Crippen LogP contribution in [0.5, 0.6) is 5.75 Å². The maximum atomic E-state index is 12.5. The quantitative estimate of drug-likeness (QED) is 0.837. The first-order valence-corrected chi connectivity index (χ1v) is 8.85. The zero-order valence-electron chi connectivity index (χ0n) is 14.7. The summed E-state index contributed by atoms with van der Waals surface area (Å²) >= 11 is 5.89. The molecule has 2 aromatic carbocycles. The van der Waals surface area contributed by atoms with Crippen molar-refractivity contribution in [2.75, 3.05) is 33.3 Å². The first-order valence-electron chi connectivity index (χ1n) is 8.47.